The Balaban J connectivity index is 1.33. The molecule has 0 unspecified atom stereocenters. The molecule has 1 aliphatic heterocycles. The number of hydrogen-bond acceptors (Lipinski definition) is 12. The van der Waals surface area contributed by atoms with Gasteiger partial charge in [0.15, 0.2) is 5.82 Å². The van der Waals surface area contributed by atoms with Gasteiger partial charge in [-0.2, -0.15) is 13.5 Å². The zero-order chi connectivity index (χ0) is 41.7. The van der Waals surface area contributed by atoms with Gasteiger partial charge in [0.25, 0.3) is 5.91 Å². The van der Waals surface area contributed by atoms with Crippen LogP contribution in [0.5, 0.6) is 11.5 Å². The van der Waals surface area contributed by atoms with Gasteiger partial charge in [0.1, 0.15) is 40.8 Å². The predicted molar refractivity (Wildman–Crippen MR) is 208 cm³/mol. The summed E-state index contributed by atoms with van der Waals surface area (Å²) < 4.78 is 52.1. The van der Waals surface area contributed by atoms with E-state index in [0.717, 1.165) is 0 Å². The number of ether oxygens (including phenoxy) is 3. The molecule has 3 aromatic rings. The molecule has 2 saturated carbocycles. The van der Waals surface area contributed by atoms with Crippen molar-refractivity contribution in [2.75, 3.05) is 13.7 Å². The van der Waals surface area contributed by atoms with E-state index in [1.165, 1.54) is 4.90 Å². The fourth-order valence-electron chi connectivity index (χ4n) is 7.07. The fraction of sp³-hybridized carbons (Fsp3) is 0.590. The first kappa shape index (κ1) is 41.7. The van der Waals surface area contributed by atoms with Gasteiger partial charge in [0.2, 0.25) is 11.8 Å². The summed E-state index contributed by atoms with van der Waals surface area (Å²) in [5.41, 5.74) is -3.57. The number of nitrogens with one attached hydrogen (secondary N) is 3. The maximum Gasteiger partial charge on any atom is 0.408 e. The number of carbonyl (C=O) groups is 4. The van der Waals surface area contributed by atoms with Crippen LogP contribution in [0.1, 0.15) is 87.5 Å². The van der Waals surface area contributed by atoms with Gasteiger partial charge in [0.05, 0.1) is 24.8 Å². The van der Waals surface area contributed by atoms with E-state index in [2.05, 4.69) is 15.7 Å². The van der Waals surface area contributed by atoms with E-state index < -0.39 is 74.5 Å². The van der Waals surface area contributed by atoms with Crippen molar-refractivity contribution in [3.63, 3.8) is 0 Å². The molecule has 0 radical (unpaired) electrons. The van der Waals surface area contributed by atoms with Crippen LogP contribution < -0.4 is 24.8 Å². The minimum atomic E-state index is -4.47. The van der Waals surface area contributed by atoms with Gasteiger partial charge >= 0.3 is 16.4 Å². The number of alkyl carbamates (subject to hydrolysis) is 1. The highest BCUT2D eigenvalue weighted by atomic mass is 32.2. The maximum atomic E-state index is 14.7. The van der Waals surface area contributed by atoms with Gasteiger partial charge in [-0.3, -0.25) is 14.4 Å². The van der Waals surface area contributed by atoms with Crippen LogP contribution in [0, 0.1) is 11.3 Å². The summed E-state index contributed by atoms with van der Waals surface area (Å²) in [6.45, 7) is 13.8. The average molecular weight is 812 g/mol. The lowest BCUT2D eigenvalue weighted by Gasteiger charge is -2.36. The molecular weight excluding hydrogens is 759 g/mol. The van der Waals surface area contributed by atoms with E-state index >= 15 is 0 Å². The van der Waals surface area contributed by atoms with Crippen LogP contribution in [-0.4, -0.2) is 100 Å². The van der Waals surface area contributed by atoms with E-state index in [1.54, 1.807) is 103 Å². The largest absolute Gasteiger partial charge is 0.497 e. The van der Waals surface area contributed by atoms with Crippen molar-refractivity contribution in [2.45, 2.75) is 122 Å². The number of fused-ring (bicyclic) bond motifs is 1. The summed E-state index contributed by atoms with van der Waals surface area (Å²) in [7, 11) is -2.93. The normalized spacial score (nSPS) is 23.3. The molecule has 0 bridgehead atoms. The van der Waals surface area contributed by atoms with Crippen molar-refractivity contribution in [3.8, 4) is 17.3 Å². The molecule has 6 rings (SSSR count). The Kier molecular flexibility index (Phi) is 11.0. The predicted octanol–water partition coefficient (Wildman–Crippen LogP) is 3.93. The molecule has 2 aliphatic carbocycles. The van der Waals surface area contributed by atoms with Crippen LogP contribution in [0.3, 0.4) is 0 Å². The van der Waals surface area contributed by atoms with Gasteiger partial charge in [-0.1, -0.05) is 34.1 Å². The molecule has 3 fully saturated rings. The zero-order valence-corrected chi connectivity index (χ0v) is 34.7. The summed E-state index contributed by atoms with van der Waals surface area (Å²) in [5, 5.41) is 10.5. The Labute approximate surface area is 332 Å². The molecule has 3 heterocycles. The van der Waals surface area contributed by atoms with Crippen molar-refractivity contribution in [1.29, 1.82) is 0 Å². The third-order valence-corrected chi connectivity index (χ3v) is 11.5. The van der Waals surface area contributed by atoms with Gasteiger partial charge < -0.3 is 29.7 Å². The molecule has 1 saturated heterocycles. The number of methoxy groups -OCH3 is 1. The number of likely N-dealkylation sites (tertiary alicyclic amines) is 1. The van der Waals surface area contributed by atoms with Crippen molar-refractivity contribution < 1.29 is 46.0 Å². The number of benzene rings is 1. The molecule has 3 N–H and O–H groups in total. The molecule has 3 aliphatic rings. The number of hydrogen-bond donors (Lipinski definition) is 3. The topological polar surface area (TPSA) is 209 Å². The minimum absolute atomic E-state index is 0.00774. The number of aromatic nitrogens is 3. The Morgan fingerprint density at radius 1 is 1.07 bits per heavy atom. The third kappa shape index (κ3) is 9.43. The van der Waals surface area contributed by atoms with Crippen LogP contribution >= 0.6 is 0 Å². The summed E-state index contributed by atoms with van der Waals surface area (Å²) in [4.78, 5) is 62.0. The van der Waals surface area contributed by atoms with Crippen LogP contribution in [-0.2, 0) is 33.6 Å². The molecule has 57 heavy (non-hydrogen) atoms. The monoisotopic (exact) mass is 811 g/mol. The maximum absolute atomic E-state index is 14.7. The highest BCUT2D eigenvalue weighted by Gasteiger charge is 2.62. The number of carbonyl (C=O) groups excluding carboxylic acids is 4. The Morgan fingerprint density at radius 2 is 1.79 bits per heavy atom. The van der Waals surface area contributed by atoms with Crippen LogP contribution in [0.4, 0.5) is 4.79 Å². The Morgan fingerprint density at radius 3 is 2.37 bits per heavy atom. The van der Waals surface area contributed by atoms with Gasteiger partial charge in [-0.05, 0) is 76.5 Å². The van der Waals surface area contributed by atoms with Crippen molar-refractivity contribution in [2.24, 2.45) is 11.3 Å². The number of nitrogens with zero attached hydrogens (tertiary/aromatic N) is 4. The molecule has 17 nitrogen and oxygen atoms in total. The lowest BCUT2D eigenvalue weighted by atomic mass is 9.85. The second kappa shape index (κ2) is 15.1. The van der Waals surface area contributed by atoms with Crippen molar-refractivity contribution in [1.82, 2.24) is 35.0 Å². The van der Waals surface area contributed by atoms with E-state index in [4.69, 9.17) is 23.4 Å². The smallest absolute Gasteiger partial charge is 0.408 e. The minimum Gasteiger partial charge on any atom is -0.497 e. The van der Waals surface area contributed by atoms with Gasteiger partial charge in [-0.25, -0.2) is 23.4 Å². The molecule has 0 spiro atoms. The summed E-state index contributed by atoms with van der Waals surface area (Å²) in [5.74, 6) is -1.11. The third-order valence-electron chi connectivity index (χ3n) is 10.5. The summed E-state index contributed by atoms with van der Waals surface area (Å²) in [6, 6.07) is 6.46. The van der Waals surface area contributed by atoms with Crippen LogP contribution in [0.2, 0.25) is 0 Å². The number of pyridine rings is 1. The number of amides is 4. The number of rotatable bonds is 13. The summed E-state index contributed by atoms with van der Waals surface area (Å²) in [6.07, 6.45) is 3.48. The molecule has 1 aromatic carbocycles. The van der Waals surface area contributed by atoms with Crippen LogP contribution in [0.15, 0.2) is 42.7 Å². The van der Waals surface area contributed by atoms with E-state index in [1.807, 2.05) is 11.6 Å². The SMILES string of the molecule is CC[C@@H]1C[C@]1(NC(=O)[C@@H]1C[C@@H](Oc2cc(-n3cccn3)nc3cc(OC)ccc23)CN1C(=O)[C@@H](NC(=O)OC(C)(C)C)C(C)(C)C)C(=O)NS(=O)(=O)OC1(C)CC1. The van der Waals surface area contributed by atoms with Gasteiger partial charge in [0, 0.05) is 36.3 Å². The summed E-state index contributed by atoms with van der Waals surface area (Å²) >= 11 is 0. The highest BCUT2D eigenvalue weighted by Crippen LogP contribution is 2.47. The van der Waals surface area contributed by atoms with Gasteiger partial charge in [-0.15, -0.1) is 0 Å². The lowest BCUT2D eigenvalue weighted by molar-refractivity contribution is -0.143. The Bertz CT molecular complexity index is 2140. The lowest BCUT2D eigenvalue weighted by Crippen LogP contribution is -2.60. The standard InChI is InChI=1S/C39H53N7O10S/c1-10-23-21-39(23,34(49)44-57(51,52)56-38(8)14-15-38)43-32(47)28-19-25(22-45(28)33(48)31(36(2,3)4)42-35(50)55-37(5,6)7)54-29-20-30(46-17-11-16-40-46)41-27-18-24(53-9)12-13-26(27)29/h11-13,16-18,20,23,25,28,31H,10,14-15,19,21-22H2,1-9H3,(H,42,50)(H,43,47)(H,44,49)/t23-,25-,28+,31-,39-/m1/s1. The molecule has 5 atom stereocenters. The second-order valence-electron chi connectivity index (χ2n) is 17.4. The average Bonchev–Trinajstić information content (AvgIpc) is 3.82. The molecule has 2 aromatic heterocycles. The molecule has 310 valence electrons. The van der Waals surface area contributed by atoms with E-state index in [0.29, 0.717) is 47.5 Å². The van der Waals surface area contributed by atoms with E-state index in [9.17, 15) is 27.6 Å². The highest BCUT2D eigenvalue weighted by molar-refractivity contribution is 7.85. The molecular formula is C39H53N7O10S. The fourth-order valence-corrected chi connectivity index (χ4v) is 8.21. The molecule has 18 heteroatoms. The van der Waals surface area contributed by atoms with Crippen molar-refractivity contribution in [3.05, 3.63) is 42.7 Å². The van der Waals surface area contributed by atoms with Crippen molar-refractivity contribution >= 4 is 45.0 Å². The van der Waals surface area contributed by atoms with E-state index in [-0.39, 0.29) is 25.3 Å². The zero-order valence-electron chi connectivity index (χ0n) is 33.9. The van der Waals surface area contributed by atoms with Crippen LogP contribution in [0.25, 0.3) is 16.7 Å². The first-order valence-corrected chi connectivity index (χ1v) is 20.5. The quantitative estimate of drug-likeness (QED) is 0.224. The second-order valence-corrected chi connectivity index (χ2v) is 18.7. The Hall–Kier alpha value is -4.97. The first-order chi connectivity index (χ1) is 26.5. The molecule has 4 amide bonds. The first-order valence-electron chi connectivity index (χ1n) is 19.1.